The number of carbonyl (C=O) groups excluding carboxylic acids is 2. The molecule has 2 rings (SSSR count). The van der Waals surface area contributed by atoms with E-state index in [1.165, 1.54) is 4.90 Å². The SMILES string of the molecule is CN1C(=O)C(C(N)=O)Oc2cc(Br)[c]cc21. The summed E-state index contributed by atoms with van der Waals surface area (Å²) in [4.78, 5) is 24.1. The van der Waals surface area contributed by atoms with E-state index in [0.29, 0.717) is 15.9 Å². The van der Waals surface area contributed by atoms with Gasteiger partial charge in [0, 0.05) is 11.5 Å². The van der Waals surface area contributed by atoms with Crippen LogP contribution in [-0.4, -0.2) is 25.0 Å². The van der Waals surface area contributed by atoms with E-state index in [0.717, 1.165) is 0 Å². The lowest BCUT2D eigenvalue weighted by Gasteiger charge is -2.30. The van der Waals surface area contributed by atoms with Crippen LogP contribution in [0.1, 0.15) is 0 Å². The lowest BCUT2D eigenvalue weighted by atomic mass is 10.2. The molecule has 1 aromatic rings. The Balaban J connectivity index is 2.48. The zero-order valence-electron chi connectivity index (χ0n) is 8.36. The van der Waals surface area contributed by atoms with Gasteiger partial charge in [-0.15, -0.1) is 0 Å². The van der Waals surface area contributed by atoms with E-state index in [9.17, 15) is 9.59 Å². The highest BCUT2D eigenvalue weighted by Crippen LogP contribution is 2.34. The maximum absolute atomic E-state index is 11.7. The molecule has 0 saturated heterocycles. The lowest BCUT2D eigenvalue weighted by molar-refractivity contribution is -0.136. The highest BCUT2D eigenvalue weighted by Gasteiger charge is 2.36. The molecule has 5 nitrogen and oxygen atoms in total. The number of fused-ring (bicyclic) bond motifs is 1. The standard InChI is InChI=1S/C10H8BrN2O3/c1-13-6-3-2-5(11)4-7(6)16-8(9(12)14)10(13)15/h3-4,8H,1H3,(H2,12,14). The second-order valence-electron chi connectivity index (χ2n) is 3.33. The predicted octanol–water partition coefficient (Wildman–Crippen LogP) is 0.458. The van der Waals surface area contributed by atoms with E-state index in [1.54, 1.807) is 19.2 Å². The number of primary amides is 1. The second-order valence-corrected chi connectivity index (χ2v) is 4.18. The van der Waals surface area contributed by atoms with Gasteiger partial charge in [0.05, 0.1) is 5.69 Å². The molecule has 1 radical (unpaired) electrons. The van der Waals surface area contributed by atoms with Crippen molar-refractivity contribution < 1.29 is 14.3 Å². The molecule has 16 heavy (non-hydrogen) atoms. The summed E-state index contributed by atoms with van der Waals surface area (Å²) in [6.07, 6.45) is -1.26. The zero-order valence-corrected chi connectivity index (χ0v) is 9.95. The first kappa shape index (κ1) is 10.9. The molecular formula is C10H8BrN2O3. The number of likely N-dealkylation sites (N-methyl/N-ethyl adjacent to an activating group) is 1. The van der Waals surface area contributed by atoms with Crippen molar-refractivity contribution in [2.75, 3.05) is 11.9 Å². The molecule has 1 heterocycles. The Hall–Kier alpha value is -1.56. The topological polar surface area (TPSA) is 72.6 Å². The predicted molar refractivity (Wildman–Crippen MR) is 60.0 cm³/mol. The molecule has 2 amide bonds. The van der Waals surface area contributed by atoms with Crippen molar-refractivity contribution >= 4 is 33.4 Å². The van der Waals surface area contributed by atoms with Crippen molar-refractivity contribution in [3.8, 4) is 5.75 Å². The number of carbonyl (C=O) groups is 2. The number of ether oxygens (including phenoxy) is 1. The van der Waals surface area contributed by atoms with Crippen LogP contribution in [0.15, 0.2) is 16.6 Å². The maximum atomic E-state index is 11.7. The number of nitrogens with two attached hydrogens (primary N) is 1. The number of rotatable bonds is 1. The first-order valence-corrected chi connectivity index (χ1v) is 5.25. The smallest absolute Gasteiger partial charge is 0.277 e. The minimum absolute atomic E-state index is 0.427. The van der Waals surface area contributed by atoms with Crippen molar-refractivity contribution in [3.63, 3.8) is 0 Å². The third kappa shape index (κ3) is 1.65. The van der Waals surface area contributed by atoms with Gasteiger partial charge < -0.3 is 15.4 Å². The third-order valence-electron chi connectivity index (χ3n) is 2.28. The highest BCUT2D eigenvalue weighted by molar-refractivity contribution is 9.10. The summed E-state index contributed by atoms with van der Waals surface area (Å²) < 4.78 is 5.92. The average molecular weight is 284 g/mol. The molecule has 0 bridgehead atoms. The number of hydrogen-bond donors (Lipinski definition) is 1. The fourth-order valence-electron chi connectivity index (χ4n) is 1.45. The number of nitrogens with zero attached hydrogens (tertiary/aromatic N) is 1. The van der Waals surface area contributed by atoms with Crippen molar-refractivity contribution in [3.05, 3.63) is 22.7 Å². The molecule has 1 atom stereocenters. The molecule has 6 heteroatoms. The summed E-state index contributed by atoms with van der Waals surface area (Å²) in [7, 11) is 1.56. The maximum Gasteiger partial charge on any atom is 0.277 e. The molecule has 0 spiro atoms. The van der Waals surface area contributed by atoms with E-state index in [2.05, 4.69) is 22.0 Å². The van der Waals surface area contributed by atoms with Crippen molar-refractivity contribution in [1.29, 1.82) is 0 Å². The van der Waals surface area contributed by atoms with Gasteiger partial charge in [0.2, 0.25) is 0 Å². The number of halogens is 1. The summed E-state index contributed by atoms with van der Waals surface area (Å²) in [5.74, 6) is -0.848. The van der Waals surface area contributed by atoms with Crippen LogP contribution < -0.4 is 15.4 Å². The molecule has 2 N–H and O–H groups in total. The Labute approximate surface area is 100 Å². The molecule has 1 unspecified atom stereocenters. The molecule has 1 aromatic carbocycles. The normalized spacial score (nSPS) is 19.0. The summed E-state index contributed by atoms with van der Waals surface area (Å²) in [5.41, 5.74) is 5.64. The summed E-state index contributed by atoms with van der Waals surface area (Å²) in [6.45, 7) is 0. The van der Waals surface area contributed by atoms with Crippen LogP contribution in [0.2, 0.25) is 0 Å². The van der Waals surface area contributed by atoms with Crippen molar-refractivity contribution in [2.45, 2.75) is 6.10 Å². The van der Waals surface area contributed by atoms with Crippen LogP contribution in [0.25, 0.3) is 0 Å². The van der Waals surface area contributed by atoms with Gasteiger partial charge in [-0.25, -0.2) is 0 Å². The Bertz CT molecular complexity index is 475. The van der Waals surface area contributed by atoms with Crippen LogP contribution in [0, 0.1) is 6.07 Å². The first-order valence-electron chi connectivity index (χ1n) is 4.45. The van der Waals surface area contributed by atoms with Gasteiger partial charge in [0.1, 0.15) is 5.75 Å². The van der Waals surface area contributed by atoms with E-state index in [4.69, 9.17) is 10.5 Å². The Morgan fingerprint density at radius 2 is 2.38 bits per heavy atom. The van der Waals surface area contributed by atoms with Gasteiger partial charge in [-0.05, 0) is 18.2 Å². The molecular weight excluding hydrogens is 276 g/mol. The minimum Gasteiger partial charge on any atom is -0.468 e. The van der Waals surface area contributed by atoms with Gasteiger partial charge in [0.15, 0.2) is 0 Å². The molecule has 0 aromatic heterocycles. The summed E-state index contributed by atoms with van der Waals surface area (Å²) >= 11 is 3.23. The monoisotopic (exact) mass is 283 g/mol. The number of anilines is 1. The number of hydrogen-bond acceptors (Lipinski definition) is 3. The molecule has 1 aliphatic rings. The van der Waals surface area contributed by atoms with Gasteiger partial charge >= 0.3 is 0 Å². The Morgan fingerprint density at radius 1 is 1.69 bits per heavy atom. The van der Waals surface area contributed by atoms with Gasteiger partial charge in [-0.3, -0.25) is 9.59 Å². The van der Waals surface area contributed by atoms with E-state index in [-0.39, 0.29) is 0 Å². The average Bonchev–Trinajstić information content (AvgIpc) is 2.22. The second kappa shape index (κ2) is 3.79. The van der Waals surface area contributed by atoms with Crippen LogP contribution >= 0.6 is 15.9 Å². The van der Waals surface area contributed by atoms with Gasteiger partial charge in [0.25, 0.3) is 17.9 Å². The van der Waals surface area contributed by atoms with Crippen LogP contribution in [-0.2, 0) is 9.59 Å². The summed E-state index contributed by atoms with van der Waals surface area (Å²) in [5, 5.41) is 0. The molecule has 83 valence electrons. The Kier molecular flexibility index (Phi) is 2.59. The van der Waals surface area contributed by atoms with E-state index < -0.39 is 17.9 Å². The Morgan fingerprint density at radius 3 is 3.00 bits per heavy atom. The molecule has 0 fully saturated rings. The van der Waals surface area contributed by atoms with Gasteiger partial charge in [-0.1, -0.05) is 15.9 Å². The quantitative estimate of drug-likeness (QED) is 0.761. The fourth-order valence-corrected chi connectivity index (χ4v) is 1.77. The van der Waals surface area contributed by atoms with Gasteiger partial charge in [-0.2, -0.15) is 0 Å². The third-order valence-corrected chi connectivity index (χ3v) is 2.73. The highest BCUT2D eigenvalue weighted by atomic mass is 79.9. The van der Waals surface area contributed by atoms with E-state index >= 15 is 0 Å². The molecule has 1 aliphatic heterocycles. The first-order chi connectivity index (χ1) is 7.50. The minimum atomic E-state index is -1.26. The van der Waals surface area contributed by atoms with E-state index in [1.807, 2.05) is 0 Å². The largest absolute Gasteiger partial charge is 0.468 e. The fraction of sp³-hybridized carbons (Fsp3) is 0.200. The van der Waals surface area contributed by atoms with Crippen LogP contribution in [0.3, 0.4) is 0 Å². The van der Waals surface area contributed by atoms with Crippen LogP contribution in [0.4, 0.5) is 5.69 Å². The molecule has 0 aliphatic carbocycles. The lowest BCUT2D eigenvalue weighted by Crippen LogP contribution is -2.50. The zero-order chi connectivity index (χ0) is 11.9. The summed E-state index contributed by atoms with van der Waals surface area (Å²) in [6, 6.07) is 6.12. The number of amides is 2. The van der Waals surface area contributed by atoms with Crippen molar-refractivity contribution in [1.82, 2.24) is 0 Å². The molecule has 0 saturated carbocycles. The van der Waals surface area contributed by atoms with Crippen molar-refractivity contribution in [2.24, 2.45) is 5.73 Å². The number of benzene rings is 1. The van der Waals surface area contributed by atoms with Crippen LogP contribution in [0.5, 0.6) is 5.75 Å².